The molecule has 6 nitrogen and oxygen atoms in total. The van der Waals surface area contributed by atoms with Crippen molar-refractivity contribution in [3.8, 4) is 6.07 Å². The first-order chi connectivity index (χ1) is 9.60. The van der Waals surface area contributed by atoms with Gasteiger partial charge in [0.2, 0.25) is 11.9 Å². The van der Waals surface area contributed by atoms with Crippen molar-refractivity contribution < 1.29 is 4.79 Å². The predicted molar refractivity (Wildman–Crippen MR) is 76.9 cm³/mol. The first-order valence-corrected chi connectivity index (χ1v) is 6.54. The molecule has 0 aliphatic rings. The van der Waals surface area contributed by atoms with Crippen LogP contribution in [-0.4, -0.2) is 22.0 Å². The van der Waals surface area contributed by atoms with Crippen molar-refractivity contribution in [2.75, 3.05) is 12.3 Å². The smallest absolute Gasteiger partial charge is 0.242 e. The number of imidazole rings is 1. The Hall–Kier alpha value is -2.55. The molecule has 0 bridgehead atoms. The summed E-state index contributed by atoms with van der Waals surface area (Å²) in [7, 11) is 0. The van der Waals surface area contributed by atoms with E-state index in [1.54, 1.807) is 23.6 Å². The summed E-state index contributed by atoms with van der Waals surface area (Å²) in [5.41, 5.74) is 7.58. The summed E-state index contributed by atoms with van der Waals surface area (Å²) >= 11 is 0. The summed E-state index contributed by atoms with van der Waals surface area (Å²) in [6.45, 7) is 4.38. The number of nitrogen functional groups attached to an aromatic ring is 1. The van der Waals surface area contributed by atoms with Gasteiger partial charge in [0, 0.05) is 6.54 Å². The van der Waals surface area contributed by atoms with Gasteiger partial charge in [0.25, 0.3) is 0 Å². The maximum absolute atomic E-state index is 12.1. The van der Waals surface area contributed by atoms with Gasteiger partial charge < -0.3 is 11.1 Å². The Balaban J connectivity index is 2.47. The van der Waals surface area contributed by atoms with Crippen molar-refractivity contribution in [1.82, 2.24) is 14.9 Å². The highest BCUT2D eigenvalue weighted by Crippen LogP contribution is 2.25. The second-order valence-corrected chi connectivity index (χ2v) is 4.59. The van der Waals surface area contributed by atoms with E-state index >= 15 is 0 Å². The molecule has 0 saturated heterocycles. The van der Waals surface area contributed by atoms with Gasteiger partial charge in [-0.15, -0.1) is 0 Å². The van der Waals surface area contributed by atoms with E-state index < -0.39 is 6.04 Å². The zero-order valence-electron chi connectivity index (χ0n) is 11.6. The van der Waals surface area contributed by atoms with Gasteiger partial charge in [-0.3, -0.25) is 9.36 Å². The first-order valence-electron chi connectivity index (χ1n) is 6.54. The monoisotopic (exact) mass is 271 g/mol. The molecule has 1 heterocycles. The zero-order chi connectivity index (χ0) is 14.7. The van der Waals surface area contributed by atoms with Crippen LogP contribution in [0.3, 0.4) is 0 Å². The molecule has 2 aromatic rings. The highest BCUT2D eigenvalue weighted by molar-refractivity contribution is 5.88. The van der Waals surface area contributed by atoms with Gasteiger partial charge >= 0.3 is 0 Å². The fourth-order valence-electron chi connectivity index (χ4n) is 2.15. The van der Waals surface area contributed by atoms with E-state index in [-0.39, 0.29) is 11.9 Å². The second kappa shape index (κ2) is 5.61. The molecule has 1 aromatic carbocycles. The van der Waals surface area contributed by atoms with Crippen LogP contribution in [0.1, 0.15) is 31.9 Å². The second-order valence-electron chi connectivity index (χ2n) is 4.59. The number of carbonyl (C=O) groups is 1. The van der Waals surface area contributed by atoms with Crippen molar-refractivity contribution in [2.45, 2.75) is 26.3 Å². The van der Waals surface area contributed by atoms with Gasteiger partial charge in [-0.2, -0.15) is 5.26 Å². The Bertz CT molecular complexity index is 683. The largest absolute Gasteiger partial charge is 0.369 e. The SMILES string of the molecule is CCCNC(=O)C(C)n1c(N)nc2c(C#N)cccc21. The number of hydrogen-bond donors (Lipinski definition) is 2. The van der Waals surface area contributed by atoms with Crippen LogP contribution < -0.4 is 11.1 Å². The normalized spacial score (nSPS) is 12.1. The summed E-state index contributed by atoms with van der Waals surface area (Å²) in [6.07, 6.45) is 0.872. The molecule has 0 spiro atoms. The molecule has 0 aliphatic carbocycles. The van der Waals surface area contributed by atoms with Crippen molar-refractivity contribution in [3.05, 3.63) is 23.8 Å². The van der Waals surface area contributed by atoms with Crippen LogP contribution >= 0.6 is 0 Å². The van der Waals surface area contributed by atoms with E-state index in [1.807, 2.05) is 13.0 Å². The third kappa shape index (κ3) is 2.30. The number of nitriles is 1. The van der Waals surface area contributed by atoms with Crippen LogP contribution in [0.25, 0.3) is 11.0 Å². The lowest BCUT2D eigenvalue weighted by Crippen LogP contribution is -2.31. The van der Waals surface area contributed by atoms with Crippen LogP contribution in [0, 0.1) is 11.3 Å². The summed E-state index contributed by atoms with van der Waals surface area (Å²) in [5.74, 6) is 0.127. The van der Waals surface area contributed by atoms with E-state index in [9.17, 15) is 4.79 Å². The van der Waals surface area contributed by atoms with Crippen molar-refractivity contribution in [3.63, 3.8) is 0 Å². The van der Waals surface area contributed by atoms with Crippen molar-refractivity contribution >= 4 is 22.9 Å². The molecule has 1 aromatic heterocycles. The molecule has 0 fully saturated rings. The number of amides is 1. The maximum atomic E-state index is 12.1. The number of carbonyl (C=O) groups excluding carboxylic acids is 1. The number of aromatic nitrogens is 2. The Morgan fingerprint density at radius 2 is 2.35 bits per heavy atom. The average Bonchev–Trinajstić information content (AvgIpc) is 2.79. The molecule has 1 atom stereocenters. The number of anilines is 1. The summed E-state index contributed by atoms with van der Waals surface area (Å²) in [5, 5.41) is 11.9. The van der Waals surface area contributed by atoms with Crippen LogP contribution in [0.15, 0.2) is 18.2 Å². The lowest BCUT2D eigenvalue weighted by molar-refractivity contribution is -0.123. The number of nitrogens with one attached hydrogen (secondary N) is 1. The molecule has 1 amide bonds. The predicted octanol–water partition coefficient (Wildman–Crippen LogP) is 1.58. The van der Waals surface area contributed by atoms with Crippen LogP contribution in [-0.2, 0) is 4.79 Å². The number of hydrogen-bond acceptors (Lipinski definition) is 4. The van der Waals surface area contributed by atoms with E-state index in [4.69, 9.17) is 11.0 Å². The minimum atomic E-state index is -0.472. The Morgan fingerprint density at radius 1 is 1.60 bits per heavy atom. The molecule has 104 valence electrons. The number of nitrogens with two attached hydrogens (primary N) is 1. The van der Waals surface area contributed by atoms with Gasteiger partial charge in [0.1, 0.15) is 17.6 Å². The molecule has 0 radical (unpaired) electrons. The molecule has 20 heavy (non-hydrogen) atoms. The van der Waals surface area contributed by atoms with Crippen molar-refractivity contribution in [2.24, 2.45) is 0 Å². The van der Waals surface area contributed by atoms with E-state index in [0.717, 1.165) is 6.42 Å². The summed E-state index contributed by atoms with van der Waals surface area (Å²) in [6, 6.07) is 6.86. The van der Waals surface area contributed by atoms with E-state index in [2.05, 4.69) is 16.4 Å². The molecule has 2 rings (SSSR count). The minimum Gasteiger partial charge on any atom is -0.369 e. The highest BCUT2D eigenvalue weighted by Gasteiger charge is 2.21. The molecular weight excluding hydrogens is 254 g/mol. The maximum Gasteiger partial charge on any atom is 0.242 e. The Morgan fingerprint density at radius 3 is 3.00 bits per heavy atom. The number of benzene rings is 1. The van der Waals surface area contributed by atoms with E-state index in [0.29, 0.717) is 23.1 Å². The molecule has 1 unspecified atom stereocenters. The van der Waals surface area contributed by atoms with Crippen LogP contribution in [0.4, 0.5) is 5.95 Å². The fourth-order valence-corrected chi connectivity index (χ4v) is 2.15. The minimum absolute atomic E-state index is 0.111. The summed E-state index contributed by atoms with van der Waals surface area (Å²) in [4.78, 5) is 16.3. The summed E-state index contributed by atoms with van der Waals surface area (Å²) < 4.78 is 1.65. The number of fused-ring (bicyclic) bond motifs is 1. The number of nitrogens with zero attached hydrogens (tertiary/aromatic N) is 3. The lowest BCUT2D eigenvalue weighted by atomic mass is 10.2. The Kier molecular flexibility index (Phi) is 3.89. The molecule has 6 heteroatoms. The topological polar surface area (TPSA) is 96.7 Å². The first kappa shape index (κ1) is 13.9. The van der Waals surface area contributed by atoms with Gasteiger partial charge in [-0.05, 0) is 25.5 Å². The number of para-hydroxylation sites is 1. The molecule has 0 aliphatic heterocycles. The quantitative estimate of drug-likeness (QED) is 0.882. The third-order valence-electron chi connectivity index (χ3n) is 3.18. The lowest BCUT2D eigenvalue weighted by Gasteiger charge is -2.15. The zero-order valence-corrected chi connectivity index (χ0v) is 11.6. The van der Waals surface area contributed by atoms with E-state index in [1.165, 1.54) is 0 Å². The van der Waals surface area contributed by atoms with Gasteiger partial charge in [0.05, 0.1) is 11.1 Å². The van der Waals surface area contributed by atoms with Gasteiger partial charge in [-0.1, -0.05) is 13.0 Å². The third-order valence-corrected chi connectivity index (χ3v) is 3.18. The molecule has 0 saturated carbocycles. The Labute approximate surface area is 117 Å². The highest BCUT2D eigenvalue weighted by atomic mass is 16.2. The average molecular weight is 271 g/mol. The standard InChI is InChI=1S/C14H17N5O/c1-3-7-17-13(20)9(2)19-11-6-4-5-10(8-15)12(11)18-14(19)16/h4-6,9H,3,7H2,1-2H3,(H2,16,18)(H,17,20). The molecule has 3 N–H and O–H groups in total. The van der Waals surface area contributed by atoms with Crippen molar-refractivity contribution in [1.29, 1.82) is 5.26 Å². The number of rotatable bonds is 4. The fraction of sp³-hybridized carbons (Fsp3) is 0.357. The van der Waals surface area contributed by atoms with Crippen LogP contribution in [0.5, 0.6) is 0 Å². The van der Waals surface area contributed by atoms with Gasteiger partial charge in [-0.25, -0.2) is 4.98 Å². The molecular formula is C14H17N5O. The van der Waals surface area contributed by atoms with Crippen LogP contribution in [0.2, 0.25) is 0 Å². The van der Waals surface area contributed by atoms with Gasteiger partial charge in [0.15, 0.2) is 0 Å².